The number of ketones is 1. The van der Waals surface area contributed by atoms with Crippen molar-refractivity contribution in [2.24, 2.45) is 0 Å². The van der Waals surface area contributed by atoms with E-state index in [2.05, 4.69) is 4.98 Å². The van der Waals surface area contributed by atoms with Crippen LogP contribution in [0.25, 0.3) is 5.76 Å². The topological polar surface area (TPSA) is 98.2 Å². The Hall–Kier alpha value is -3.39. The van der Waals surface area contributed by atoms with Gasteiger partial charge in [0.1, 0.15) is 22.8 Å². The molecule has 1 amide bonds. The first-order valence-corrected chi connectivity index (χ1v) is 10.1. The highest BCUT2D eigenvalue weighted by Crippen LogP contribution is 2.43. The number of rotatable bonds is 6. The van der Waals surface area contributed by atoms with Gasteiger partial charge in [0.15, 0.2) is 0 Å². The van der Waals surface area contributed by atoms with E-state index in [9.17, 15) is 14.7 Å². The van der Waals surface area contributed by atoms with Crippen molar-refractivity contribution in [3.63, 3.8) is 0 Å². The van der Waals surface area contributed by atoms with Crippen molar-refractivity contribution >= 4 is 17.4 Å². The Labute approximate surface area is 180 Å². The minimum atomic E-state index is -0.799. The lowest BCUT2D eigenvalue weighted by molar-refractivity contribution is -0.140. The van der Waals surface area contributed by atoms with Crippen LogP contribution in [0.3, 0.4) is 0 Å². The second-order valence-electron chi connectivity index (χ2n) is 7.41. The van der Waals surface area contributed by atoms with E-state index in [0.717, 1.165) is 12.8 Å². The maximum absolute atomic E-state index is 13.1. The van der Waals surface area contributed by atoms with E-state index in [1.54, 1.807) is 42.7 Å². The lowest BCUT2D eigenvalue weighted by Crippen LogP contribution is -2.36. The number of pyridine rings is 1. The lowest BCUT2D eigenvalue weighted by Gasteiger charge is -2.27. The summed E-state index contributed by atoms with van der Waals surface area (Å²) in [5.41, 5.74) is 0.811. The molecule has 1 N–H and O–H groups in total. The summed E-state index contributed by atoms with van der Waals surface area (Å²) in [6, 6.07) is 7.72. The zero-order valence-corrected chi connectivity index (χ0v) is 17.4. The van der Waals surface area contributed by atoms with Crippen molar-refractivity contribution in [3.05, 3.63) is 59.4 Å². The summed E-state index contributed by atoms with van der Waals surface area (Å²) in [5.74, 6) is -1.15. The van der Waals surface area contributed by atoms with E-state index < -0.39 is 17.7 Å². The van der Waals surface area contributed by atoms with E-state index in [4.69, 9.17) is 14.2 Å². The molecule has 2 aliphatic rings. The van der Waals surface area contributed by atoms with Crippen molar-refractivity contribution in [3.8, 4) is 11.5 Å². The van der Waals surface area contributed by atoms with Gasteiger partial charge in [0, 0.05) is 25.5 Å². The SMILES string of the molecule is COc1cccc(OC)c1/C(O)=C1\C(=O)C(=O)N(CC2CCCO2)C1c1cccnc1. The normalized spacial score (nSPS) is 22.7. The molecule has 8 heteroatoms. The van der Waals surface area contributed by atoms with E-state index in [1.165, 1.54) is 19.1 Å². The number of carbonyl (C=O) groups is 2. The molecule has 2 aliphatic heterocycles. The summed E-state index contributed by atoms with van der Waals surface area (Å²) >= 11 is 0. The molecule has 8 nitrogen and oxygen atoms in total. The smallest absolute Gasteiger partial charge is 0.295 e. The van der Waals surface area contributed by atoms with Gasteiger partial charge in [-0.25, -0.2) is 0 Å². The van der Waals surface area contributed by atoms with Crippen molar-refractivity contribution in [1.29, 1.82) is 0 Å². The first-order chi connectivity index (χ1) is 15.1. The van der Waals surface area contributed by atoms with E-state index >= 15 is 0 Å². The summed E-state index contributed by atoms with van der Waals surface area (Å²) in [6.07, 6.45) is 4.76. The number of ether oxygens (including phenoxy) is 3. The molecule has 3 heterocycles. The van der Waals surface area contributed by atoms with Crippen molar-refractivity contribution in [2.45, 2.75) is 25.0 Å². The molecule has 2 atom stereocenters. The van der Waals surface area contributed by atoms with Crippen LogP contribution in [0.4, 0.5) is 0 Å². The quantitative estimate of drug-likeness (QED) is 0.432. The number of Topliss-reactive ketones (excluding diaryl/α,β-unsaturated/α-hetero) is 1. The molecule has 4 rings (SSSR count). The number of carbonyl (C=O) groups excluding carboxylic acids is 2. The van der Waals surface area contributed by atoms with Gasteiger partial charge >= 0.3 is 0 Å². The average molecular weight is 424 g/mol. The summed E-state index contributed by atoms with van der Waals surface area (Å²) in [5, 5.41) is 11.3. The molecule has 2 aromatic rings. The number of aromatic nitrogens is 1. The van der Waals surface area contributed by atoms with Crippen LogP contribution in [0.2, 0.25) is 0 Å². The van der Waals surface area contributed by atoms with Gasteiger partial charge in [0.25, 0.3) is 11.7 Å². The van der Waals surface area contributed by atoms with Gasteiger partial charge < -0.3 is 24.2 Å². The molecule has 0 aliphatic carbocycles. The minimum absolute atomic E-state index is 0.0289. The van der Waals surface area contributed by atoms with Crippen LogP contribution in [0.5, 0.6) is 11.5 Å². The van der Waals surface area contributed by atoms with E-state index in [0.29, 0.717) is 23.7 Å². The second-order valence-corrected chi connectivity index (χ2v) is 7.41. The van der Waals surface area contributed by atoms with Crippen LogP contribution in [0, 0.1) is 0 Å². The van der Waals surface area contributed by atoms with Crippen LogP contribution in [-0.2, 0) is 14.3 Å². The predicted molar refractivity (Wildman–Crippen MR) is 112 cm³/mol. The number of methoxy groups -OCH3 is 2. The molecule has 2 saturated heterocycles. The van der Waals surface area contributed by atoms with Gasteiger partial charge in [0.05, 0.1) is 31.9 Å². The second kappa shape index (κ2) is 8.77. The Morgan fingerprint density at radius 1 is 1.19 bits per heavy atom. The highest BCUT2D eigenvalue weighted by molar-refractivity contribution is 6.46. The van der Waals surface area contributed by atoms with Gasteiger partial charge in [-0.05, 0) is 36.6 Å². The minimum Gasteiger partial charge on any atom is -0.506 e. The fourth-order valence-corrected chi connectivity index (χ4v) is 4.18. The molecule has 1 aromatic heterocycles. The van der Waals surface area contributed by atoms with Crippen LogP contribution in [-0.4, -0.2) is 60.2 Å². The molecule has 31 heavy (non-hydrogen) atoms. The summed E-state index contributed by atoms with van der Waals surface area (Å²) < 4.78 is 16.5. The molecule has 0 bridgehead atoms. The van der Waals surface area contributed by atoms with Crippen LogP contribution in [0.15, 0.2) is 48.3 Å². The van der Waals surface area contributed by atoms with Gasteiger partial charge in [-0.2, -0.15) is 0 Å². The summed E-state index contributed by atoms with van der Waals surface area (Å²) in [7, 11) is 2.92. The number of benzene rings is 1. The molecule has 0 saturated carbocycles. The Balaban J connectivity index is 1.89. The zero-order chi connectivity index (χ0) is 22.0. The number of nitrogens with zero attached hydrogens (tertiary/aromatic N) is 2. The number of amides is 1. The maximum atomic E-state index is 13.1. The zero-order valence-electron chi connectivity index (χ0n) is 17.4. The summed E-state index contributed by atoms with van der Waals surface area (Å²) in [4.78, 5) is 31.8. The van der Waals surface area contributed by atoms with Crippen LogP contribution < -0.4 is 9.47 Å². The maximum Gasteiger partial charge on any atom is 0.295 e. The molecule has 2 unspecified atom stereocenters. The fraction of sp³-hybridized carbons (Fsp3) is 0.348. The molecular formula is C23H24N2O6. The third kappa shape index (κ3) is 3.74. The Morgan fingerprint density at radius 3 is 2.52 bits per heavy atom. The predicted octanol–water partition coefficient (Wildman–Crippen LogP) is 2.70. The van der Waals surface area contributed by atoms with Crippen molar-refractivity contribution in [2.75, 3.05) is 27.4 Å². The lowest BCUT2D eigenvalue weighted by atomic mass is 9.95. The van der Waals surface area contributed by atoms with Gasteiger partial charge in [-0.15, -0.1) is 0 Å². The summed E-state index contributed by atoms with van der Waals surface area (Å²) in [6.45, 7) is 0.883. The van der Waals surface area contributed by atoms with E-state index in [-0.39, 0.29) is 29.5 Å². The Bertz CT molecular complexity index is 992. The third-order valence-corrected chi connectivity index (χ3v) is 5.63. The monoisotopic (exact) mass is 424 g/mol. The molecule has 2 fully saturated rings. The third-order valence-electron chi connectivity index (χ3n) is 5.63. The number of hydrogen-bond acceptors (Lipinski definition) is 7. The van der Waals surface area contributed by atoms with Crippen LogP contribution >= 0.6 is 0 Å². The standard InChI is InChI=1S/C23H24N2O6/c1-29-16-8-3-9-17(30-2)18(16)21(26)19-20(14-6-4-10-24-12-14)25(23(28)22(19)27)13-15-7-5-11-31-15/h3-4,6,8-10,12,15,20,26H,5,7,11,13H2,1-2H3/b21-19+. The number of aliphatic hydroxyl groups is 1. The van der Waals surface area contributed by atoms with Gasteiger partial charge in [-0.1, -0.05) is 12.1 Å². The van der Waals surface area contributed by atoms with E-state index in [1.807, 2.05) is 0 Å². The largest absolute Gasteiger partial charge is 0.506 e. The number of aliphatic hydroxyl groups excluding tert-OH is 1. The van der Waals surface area contributed by atoms with Gasteiger partial charge in [0.2, 0.25) is 0 Å². The first kappa shape index (κ1) is 20.9. The fourth-order valence-electron chi connectivity index (χ4n) is 4.18. The van der Waals surface area contributed by atoms with Gasteiger partial charge in [-0.3, -0.25) is 14.6 Å². The highest BCUT2D eigenvalue weighted by Gasteiger charge is 2.47. The number of likely N-dealkylation sites (tertiary alicyclic amines) is 1. The number of hydrogen-bond donors (Lipinski definition) is 1. The molecule has 1 aromatic carbocycles. The average Bonchev–Trinajstić information content (AvgIpc) is 3.41. The highest BCUT2D eigenvalue weighted by atomic mass is 16.5. The Kier molecular flexibility index (Phi) is 5.90. The first-order valence-electron chi connectivity index (χ1n) is 10.1. The molecular weight excluding hydrogens is 400 g/mol. The van der Waals surface area contributed by atoms with Crippen molar-refractivity contribution < 1.29 is 28.9 Å². The molecule has 0 spiro atoms. The Morgan fingerprint density at radius 2 is 1.94 bits per heavy atom. The van der Waals surface area contributed by atoms with Crippen molar-refractivity contribution in [1.82, 2.24) is 9.88 Å². The van der Waals surface area contributed by atoms with Crippen LogP contribution in [0.1, 0.15) is 30.0 Å². The molecule has 162 valence electrons. The molecule has 0 radical (unpaired) electrons.